The number of nitrogens with zero attached hydrogens (tertiary/aromatic N) is 1. The van der Waals surface area contributed by atoms with Crippen LogP contribution in [-0.2, 0) is 4.79 Å². The van der Waals surface area contributed by atoms with Gasteiger partial charge < -0.3 is 10.8 Å². The second-order valence-electron chi connectivity index (χ2n) is 3.13. The summed E-state index contributed by atoms with van der Waals surface area (Å²) in [5, 5.41) is 9.10. The van der Waals surface area contributed by atoms with Crippen molar-refractivity contribution in [1.82, 2.24) is 4.98 Å². The Balaban J connectivity index is 2.74. The minimum atomic E-state index is -0.813. The van der Waals surface area contributed by atoms with E-state index in [9.17, 15) is 4.79 Å². The van der Waals surface area contributed by atoms with E-state index in [-0.39, 0.29) is 0 Å². The molecule has 0 aromatic carbocycles. The Labute approximate surface area is 92.9 Å². The van der Waals surface area contributed by atoms with Gasteiger partial charge in [0.05, 0.1) is 5.69 Å². The van der Waals surface area contributed by atoms with E-state index < -0.39 is 11.2 Å². The summed E-state index contributed by atoms with van der Waals surface area (Å²) >= 11 is 1.21. The van der Waals surface area contributed by atoms with Crippen molar-refractivity contribution in [2.75, 3.05) is 5.73 Å². The molecule has 1 heterocycles. The molecule has 1 unspecified atom stereocenters. The van der Waals surface area contributed by atoms with Crippen LogP contribution in [-0.4, -0.2) is 21.3 Å². The van der Waals surface area contributed by atoms with Crippen LogP contribution in [0, 0.1) is 0 Å². The molecule has 0 aliphatic carbocycles. The number of rotatable bonds is 5. The third-order valence-corrected chi connectivity index (χ3v) is 3.17. The summed E-state index contributed by atoms with van der Waals surface area (Å²) in [4.78, 5) is 15.0. The third-order valence-electron chi connectivity index (χ3n) is 1.88. The lowest BCUT2D eigenvalue weighted by Crippen LogP contribution is -2.16. The predicted molar refractivity (Wildman–Crippen MR) is 60.8 cm³/mol. The largest absolute Gasteiger partial charge is 0.480 e. The lowest BCUT2D eigenvalue weighted by molar-refractivity contribution is -0.136. The molecule has 0 bridgehead atoms. The van der Waals surface area contributed by atoms with Crippen molar-refractivity contribution in [3.8, 4) is 0 Å². The quantitative estimate of drug-likeness (QED) is 0.751. The number of anilines is 1. The molecule has 15 heavy (non-hydrogen) atoms. The third kappa shape index (κ3) is 3.43. The molecule has 0 aliphatic rings. The number of aromatic nitrogens is 1. The van der Waals surface area contributed by atoms with E-state index in [1.165, 1.54) is 11.8 Å². The van der Waals surface area contributed by atoms with Crippen LogP contribution in [0.2, 0.25) is 0 Å². The Kier molecular flexibility index (Phi) is 4.42. The Morgan fingerprint density at radius 2 is 2.47 bits per heavy atom. The SMILES string of the molecule is CCCC(Sc1ncccc1N)C(=O)O. The number of aliphatic carboxylic acids is 1. The minimum absolute atomic E-state index is 0.466. The number of pyridine rings is 1. The molecule has 1 atom stereocenters. The molecule has 0 radical (unpaired) electrons. The van der Waals surface area contributed by atoms with Crippen molar-refractivity contribution in [3.05, 3.63) is 18.3 Å². The van der Waals surface area contributed by atoms with Crippen molar-refractivity contribution < 1.29 is 9.90 Å². The highest BCUT2D eigenvalue weighted by atomic mass is 32.2. The summed E-state index contributed by atoms with van der Waals surface area (Å²) in [6, 6.07) is 3.45. The maximum absolute atomic E-state index is 10.9. The maximum Gasteiger partial charge on any atom is 0.317 e. The molecule has 0 spiro atoms. The minimum Gasteiger partial charge on any atom is -0.480 e. The zero-order chi connectivity index (χ0) is 11.3. The van der Waals surface area contributed by atoms with Gasteiger partial charge in [0, 0.05) is 6.20 Å². The molecule has 4 nitrogen and oxygen atoms in total. The molecule has 0 amide bonds. The number of nitrogen functional groups attached to an aromatic ring is 1. The average molecular weight is 226 g/mol. The first-order valence-corrected chi connectivity index (χ1v) is 5.63. The number of thioether (sulfide) groups is 1. The van der Waals surface area contributed by atoms with Gasteiger partial charge in [-0.2, -0.15) is 0 Å². The highest BCUT2D eigenvalue weighted by Crippen LogP contribution is 2.28. The second kappa shape index (κ2) is 5.60. The highest BCUT2D eigenvalue weighted by molar-refractivity contribution is 8.00. The van der Waals surface area contributed by atoms with Gasteiger partial charge in [-0.3, -0.25) is 4.79 Å². The van der Waals surface area contributed by atoms with Crippen LogP contribution >= 0.6 is 11.8 Å². The van der Waals surface area contributed by atoms with E-state index in [0.29, 0.717) is 17.1 Å². The molecule has 1 aromatic rings. The van der Waals surface area contributed by atoms with Crippen molar-refractivity contribution in [1.29, 1.82) is 0 Å². The van der Waals surface area contributed by atoms with Gasteiger partial charge >= 0.3 is 5.97 Å². The number of carbonyl (C=O) groups is 1. The van der Waals surface area contributed by atoms with Gasteiger partial charge in [-0.25, -0.2) is 4.98 Å². The van der Waals surface area contributed by atoms with Crippen LogP contribution in [0.15, 0.2) is 23.4 Å². The molecule has 3 N–H and O–H groups in total. The van der Waals surface area contributed by atoms with Crippen LogP contribution in [0.5, 0.6) is 0 Å². The molecular formula is C10H14N2O2S. The number of hydrogen-bond donors (Lipinski definition) is 2. The normalized spacial score (nSPS) is 12.3. The van der Waals surface area contributed by atoms with E-state index in [0.717, 1.165) is 6.42 Å². The molecule has 82 valence electrons. The number of nitrogens with two attached hydrogens (primary N) is 1. The monoisotopic (exact) mass is 226 g/mol. The maximum atomic E-state index is 10.9. The smallest absolute Gasteiger partial charge is 0.317 e. The zero-order valence-corrected chi connectivity index (χ0v) is 9.33. The Morgan fingerprint density at radius 3 is 3.00 bits per heavy atom. The van der Waals surface area contributed by atoms with Crippen molar-refractivity contribution in [2.45, 2.75) is 30.0 Å². The van der Waals surface area contributed by atoms with Crippen molar-refractivity contribution >= 4 is 23.4 Å². The molecule has 0 fully saturated rings. The molecule has 0 aliphatic heterocycles. The van der Waals surface area contributed by atoms with Gasteiger partial charge in [0.25, 0.3) is 0 Å². The topological polar surface area (TPSA) is 76.2 Å². The van der Waals surface area contributed by atoms with Crippen LogP contribution in [0.3, 0.4) is 0 Å². The van der Waals surface area contributed by atoms with Gasteiger partial charge in [-0.05, 0) is 18.6 Å². The van der Waals surface area contributed by atoms with E-state index in [2.05, 4.69) is 4.98 Å². The summed E-state index contributed by atoms with van der Waals surface area (Å²) in [5.41, 5.74) is 6.22. The summed E-state index contributed by atoms with van der Waals surface area (Å²) in [7, 11) is 0. The molecule has 1 rings (SSSR count). The zero-order valence-electron chi connectivity index (χ0n) is 8.51. The number of carboxylic acids is 1. The predicted octanol–water partition coefficient (Wildman–Crippen LogP) is 2.01. The molecule has 1 aromatic heterocycles. The van der Waals surface area contributed by atoms with Gasteiger partial charge in [0.2, 0.25) is 0 Å². The van der Waals surface area contributed by atoms with E-state index in [1.54, 1.807) is 18.3 Å². The summed E-state index contributed by atoms with van der Waals surface area (Å²) in [6.07, 6.45) is 3.07. The van der Waals surface area contributed by atoms with Gasteiger partial charge in [-0.1, -0.05) is 25.1 Å². The Hall–Kier alpha value is -1.23. The summed E-state index contributed by atoms with van der Waals surface area (Å²) in [6.45, 7) is 1.96. The van der Waals surface area contributed by atoms with Crippen molar-refractivity contribution in [3.63, 3.8) is 0 Å². The fourth-order valence-electron chi connectivity index (χ4n) is 1.13. The Bertz CT molecular complexity index is 344. The highest BCUT2D eigenvalue weighted by Gasteiger charge is 2.19. The van der Waals surface area contributed by atoms with Crippen LogP contribution in [0.25, 0.3) is 0 Å². The lowest BCUT2D eigenvalue weighted by atomic mass is 10.2. The van der Waals surface area contributed by atoms with Crippen LogP contribution in [0.1, 0.15) is 19.8 Å². The standard InChI is InChI=1S/C10H14N2O2S/c1-2-4-8(10(13)14)15-9-7(11)5-3-6-12-9/h3,5-6,8H,2,4,11H2,1H3,(H,13,14). The Morgan fingerprint density at radius 1 is 1.73 bits per heavy atom. The summed E-state index contributed by atoms with van der Waals surface area (Å²) < 4.78 is 0. The number of hydrogen-bond acceptors (Lipinski definition) is 4. The first-order chi connectivity index (χ1) is 7.15. The van der Waals surface area contributed by atoms with Gasteiger partial charge in [-0.15, -0.1) is 0 Å². The van der Waals surface area contributed by atoms with E-state index in [1.807, 2.05) is 6.92 Å². The molecule has 0 saturated heterocycles. The number of carboxylic acid groups (broad SMARTS) is 1. The molecule has 0 saturated carbocycles. The van der Waals surface area contributed by atoms with Crippen molar-refractivity contribution in [2.24, 2.45) is 0 Å². The summed E-state index contributed by atoms with van der Waals surface area (Å²) in [5.74, 6) is -0.813. The lowest BCUT2D eigenvalue weighted by Gasteiger charge is -2.10. The van der Waals surface area contributed by atoms with E-state index >= 15 is 0 Å². The van der Waals surface area contributed by atoms with Gasteiger partial charge in [0.15, 0.2) is 0 Å². The first-order valence-electron chi connectivity index (χ1n) is 4.75. The fraction of sp³-hybridized carbons (Fsp3) is 0.400. The fourth-order valence-corrected chi connectivity index (χ4v) is 2.18. The average Bonchev–Trinajstić information content (AvgIpc) is 2.20. The van der Waals surface area contributed by atoms with Crippen LogP contribution in [0.4, 0.5) is 5.69 Å². The second-order valence-corrected chi connectivity index (χ2v) is 4.32. The first kappa shape index (κ1) is 11.8. The van der Waals surface area contributed by atoms with Gasteiger partial charge in [0.1, 0.15) is 10.3 Å². The molecule has 5 heteroatoms. The van der Waals surface area contributed by atoms with Crippen LogP contribution < -0.4 is 5.73 Å². The van der Waals surface area contributed by atoms with E-state index in [4.69, 9.17) is 10.8 Å². The molecular weight excluding hydrogens is 212 g/mol.